The third kappa shape index (κ3) is 5.35. The van der Waals surface area contributed by atoms with Crippen LogP contribution in [0, 0.1) is 5.41 Å². The van der Waals surface area contributed by atoms with Gasteiger partial charge in [0.2, 0.25) is 0 Å². The molecule has 2 aromatic carbocycles. The molecule has 0 saturated heterocycles. The molecule has 2 rings (SSSR count). The van der Waals surface area contributed by atoms with Gasteiger partial charge in [0.1, 0.15) is 0 Å². The van der Waals surface area contributed by atoms with Crippen LogP contribution in [0.25, 0.3) is 10.8 Å². The van der Waals surface area contributed by atoms with E-state index in [1.807, 2.05) is 24.3 Å². The number of anilines is 1. The van der Waals surface area contributed by atoms with Crippen molar-refractivity contribution < 1.29 is 9.53 Å². The van der Waals surface area contributed by atoms with Crippen molar-refractivity contribution in [2.75, 3.05) is 32.0 Å². The average Bonchev–Trinajstić information content (AvgIpc) is 2.58. The molecule has 0 amide bonds. The number of nitrogens with zero attached hydrogens (tertiary/aromatic N) is 1. The van der Waals surface area contributed by atoms with Gasteiger partial charge < -0.3 is 15.4 Å². The number of halogens is 1. The molecular formula is C20H29ClN2O2. The quantitative estimate of drug-likeness (QED) is 0.585. The van der Waals surface area contributed by atoms with Gasteiger partial charge in [0, 0.05) is 23.0 Å². The third-order valence-electron chi connectivity index (χ3n) is 4.32. The van der Waals surface area contributed by atoms with Gasteiger partial charge in [-0.05, 0) is 30.6 Å². The van der Waals surface area contributed by atoms with Crippen molar-refractivity contribution in [1.29, 1.82) is 0 Å². The largest absolute Gasteiger partial charge is 0.461 e. The fourth-order valence-corrected chi connectivity index (χ4v) is 2.94. The summed E-state index contributed by atoms with van der Waals surface area (Å²) in [5.41, 5.74) is 7.14. The third-order valence-corrected chi connectivity index (χ3v) is 4.32. The lowest BCUT2D eigenvalue weighted by atomic mass is 9.94. The molecule has 138 valence electrons. The Kier molecular flexibility index (Phi) is 7.71. The van der Waals surface area contributed by atoms with Crippen molar-refractivity contribution in [3.63, 3.8) is 0 Å². The van der Waals surface area contributed by atoms with Gasteiger partial charge in [-0.25, -0.2) is 4.79 Å². The van der Waals surface area contributed by atoms with Crippen LogP contribution >= 0.6 is 12.4 Å². The van der Waals surface area contributed by atoms with Crippen molar-refractivity contribution in [2.24, 2.45) is 5.41 Å². The molecule has 25 heavy (non-hydrogen) atoms. The molecule has 0 aliphatic rings. The maximum atomic E-state index is 12.6. The second kappa shape index (κ2) is 9.07. The Morgan fingerprint density at radius 1 is 1.08 bits per heavy atom. The molecule has 0 spiro atoms. The number of nitrogen functional groups attached to an aromatic ring is 1. The number of nitrogens with two attached hydrogens (primary N) is 1. The summed E-state index contributed by atoms with van der Waals surface area (Å²) >= 11 is 0. The molecule has 0 radical (unpaired) electrons. The SMILES string of the molecule is CCN(CC)CC(C)(C)COC(=O)c1ccc(N)c2ccccc12.Cl. The smallest absolute Gasteiger partial charge is 0.338 e. The average molecular weight is 365 g/mol. The number of ether oxygens (including phenoxy) is 1. The Bertz CT molecular complexity index is 712. The van der Waals surface area contributed by atoms with Gasteiger partial charge in [-0.2, -0.15) is 0 Å². The maximum absolute atomic E-state index is 12.6. The molecule has 5 heteroatoms. The maximum Gasteiger partial charge on any atom is 0.338 e. The van der Waals surface area contributed by atoms with Gasteiger partial charge in [-0.1, -0.05) is 52.0 Å². The topological polar surface area (TPSA) is 55.6 Å². The van der Waals surface area contributed by atoms with Crippen LogP contribution < -0.4 is 5.73 Å². The van der Waals surface area contributed by atoms with E-state index < -0.39 is 0 Å². The second-order valence-electron chi connectivity index (χ2n) is 6.95. The Labute approximate surface area is 156 Å². The van der Waals surface area contributed by atoms with Gasteiger partial charge in [0.15, 0.2) is 0 Å². The fraction of sp³-hybridized carbons (Fsp3) is 0.450. The first-order chi connectivity index (χ1) is 11.4. The highest BCUT2D eigenvalue weighted by Gasteiger charge is 2.24. The standard InChI is InChI=1S/C20H28N2O2.ClH/c1-5-22(6-2)13-20(3,4)14-24-19(23)17-11-12-18(21)16-10-8-7-9-15(16)17;/h7-12H,5-6,13-14,21H2,1-4H3;1H. The first-order valence-electron chi connectivity index (χ1n) is 8.54. The van der Waals surface area contributed by atoms with Crippen LogP contribution in [0.1, 0.15) is 38.1 Å². The van der Waals surface area contributed by atoms with E-state index in [1.54, 1.807) is 12.1 Å². The Balaban J connectivity index is 0.00000312. The van der Waals surface area contributed by atoms with Crippen LogP contribution in [0.3, 0.4) is 0 Å². The molecule has 0 heterocycles. The number of hydrogen-bond donors (Lipinski definition) is 1. The van der Waals surface area contributed by atoms with Crippen LogP contribution in [-0.2, 0) is 4.74 Å². The van der Waals surface area contributed by atoms with Crippen molar-refractivity contribution in [3.05, 3.63) is 42.0 Å². The van der Waals surface area contributed by atoms with Crippen LogP contribution in [-0.4, -0.2) is 37.1 Å². The minimum Gasteiger partial charge on any atom is -0.461 e. The predicted octanol–water partition coefficient (Wildman–Crippen LogP) is 4.37. The molecular weight excluding hydrogens is 336 g/mol. The minimum absolute atomic E-state index is 0. The normalized spacial score (nSPS) is 11.4. The summed E-state index contributed by atoms with van der Waals surface area (Å²) in [6.45, 7) is 11.8. The molecule has 0 bridgehead atoms. The van der Waals surface area contributed by atoms with E-state index in [1.165, 1.54) is 0 Å². The number of hydrogen-bond acceptors (Lipinski definition) is 4. The molecule has 0 unspecified atom stereocenters. The zero-order valence-corrected chi connectivity index (χ0v) is 16.4. The van der Waals surface area contributed by atoms with E-state index >= 15 is 0 Å². The highest BCUT2D eigenvalue weighted by Crippen LogP contribution is 2.26. The summed E-state index contributed by atoms with van der Waals surface area (Å²) in [6, 6.07) is 11.2. The summed E-state index contributed by atoms with van der Waals surface area (Å²) < 4.78 is 5.62. The summed E-state index contributed by atoms with van der Waals surface area (Å²) in [7, 11) is 0. The number of benzene rings is 2. The molecule has 0 atom stereocenters. The second-order valence-corrected chi connectivity index (χ2v) is 6.95. The Morgan fingerprint density at radius 2 is 1.68 bits per heavy atom. The number of rotatable bonds is 7. The van der Waals surface area contributed by atoms with Crippen molar-refractivity contribution in [3.8, 4) is 0 Å². The molecule has 0 aliphatic carbocycles. The zero-order chi connectivity index (χ0) is 17.7. The van der Waals surface area contributed by atoms with Gasteiger partial charge in [0.05, 0.1) is 12.2 Å². The molecule has 0 saturated carbocycles. The lowest BCUT2D eigenvalue weighted by molar-refractivity contribution is 0.0276. The highest BCUT2D eigenvalue weighted by molar-refractivity contribution is 6.07. The van der Waals surface area contributed by atoms with E-state index in [4.69, 9.17) is 10.5 Å². The lowest BCUT2D eigenvalue weighted by Crippen LogP contribution is -2.37. The highest BCUT2D eigenvalue weighted by atomic mass is 35.5. The van der Waals surface area contributed by atoms with E-state index in [-0.39, 0.29) is 23.8 Å². The van der Waals surface area contributed by atoms with Gasteiger partial charge in [-0.15, -0.1) is 12.4 Å². The van der Waals surface area contributed by atoms with Gasteiger partial charge in [0.25, 0.3) is 0 Å². The molecule has 0 aromatic heterocycles. The van der Waals surface area contributed by atoms with E-state index in [2.05, 4.69) is 32.6 Å². The van der Waals surface area contributed by atoms with E-state index in [9.17, 15) is 4.79 Å². The zero-order valence-electron chi connectivity index (χ0n) is 15.5. The number of carbonyl (C=O) groups excluding carboxylic acids is 1. The lowest BCUT2D eigenvalue weighted by Gasteiger charge is -2.30. The van der Waals surface area contributed by atoms with Crippen molar-refractivity contribution >= 4 is 34.8 Å². The van der Waals surface area contributed by atoms with Gasteiger partial charge >= 0.3 is 5.97 Å². The van der Waals surface area contributed by atoms with Crippen molar-refractivity contribution in [2.45, 2.75) is 27.7 Å². The summed E-state index contributed by atoms with van der Waals surface area (Å²) in [6.07, 6.45) is 0. The van der Waals surface area contributed by atoms with Crippen LogP contribution in [0.4, 0.5) is 5.69 Å². The van der Waals surface area contributed by atoms with Crippen LogP contribution in [0.5, 0.6) is 0 Å². The minimum atomic E-state index is -0.293. The monoisotopic (exact) mass is 364 g/mol. The van der Waals surface area contributed by atoms with Crippen molar-refractivity contribution in [1.82, 2.24) is 4.90 Å². The Morgan fingerprint density at radius 3 is 2.28 bits per heavy atom. The van der Waals surface area contributed by atoms with E-state index in [0.717, 1.165) is 30.4 Å². The summed E-state index contributed by atoms with van der Waals surface area (Å²) in [4.78, 5) is 14.9. The summed E-state index contributed by atoms with van der Waals surface area (Å²) in [5.74, 6) is -0.293. The number of carbonyl (C=O) groups is 1. The summed E-state index contributed by atoms with van der Waals surface area (Å²) in [5, 5.41) is 1.72. The first kappa shape index (κ1) is 21.3. The van der Waals surface area contributed by atoms with Gasteiger partial charge in [-0.3, -0.25) is 0 Å². The molecule has 0 aliphatic heterocycles. The van der Waals surface area contributed by atoms with E-state index in [0.29, 0.717) is 17.9 Å². The number of esters is 1. The predicted molar refractivity (Wildman–Crippen MR) is 107 cm³/mol. The van der Waals surface area contributed by atoms with Crippen LogP contribution in [0.15, 0.2) is 36.4 Å². The first-order valence-corrected chi connectivity index (χ1v) is 8.54. The number of fused-ring (bicyclic) bond motifs is 1. The molecule has 4 nitrogen and oxygen atoms in total. The molecule has 0 fully saturated rings. The molecule has 2 aromatic rings. The Hall–Kier alpha value is -1.78. The molecule has 2 N–H and O–H groups in total. The fourth-order valence-electron chi connectivity index (χ4n) is 2.94. The van der Waals surface area contributed by atoms with Crippen LogP contribution in [0.2, 0.25) is 0 Å².